The fourth-order valence-corrected chi connectivity index (χ4v) is 3.76. The fourth-order valence-electron chi connectivity index (χ4n) is 2.84. The average Bonchev–Trinajstić information content (AvgIpc) is 3.14. The Labute approximate surface area is 162 Å². The molecule has 0 radical (unpaired) electrons. The number of carbonyl (C=O) groups excluding carboxylic acids is 1. The Hall–Kier alpha value is -2.90. The summed E-state index contributed by atoms with van der Waals surface area (Å²) in [6, 6.07) is 10.4. The molecule has 2 heterocycles. The lowest BCUT2D eigenvalue weighted by Gasteiger charge is -2.11. The van der Waals surface area contributed by atoms with Crippen LogP contribution in [-0.4, -0.2) is 18.7 Å². The number of amides is 1. The Balaban J connectivity index is 1.76. The second-order valence-corrected chi connectivity index (χ2v) is 7.26. The van der Waals surface area contributed by atoms with Gasteiger partial charge in [-0.2, -0.15) is 10.1 Å². The minimum Gasteiger partial charge on any atom is -0.493 e. The number of benzene rings is 2. The molecule has 0 saturated carbocycles. The largest absolute Gasteiger partial charge is 0.493 e. The maximum Gasteiger partial charge on any atom is 0.396 e. The highest BCUT2D eigenvalue weighted by Gasteiger charge is 2.29. The van der Waals surface area contributed by atoms with Crippen LogP contribution in [-0.2, 0) is 4.79 Å². The SMILES string of the molecule is COc1cc(/C=C2\C(=O)N(c3cccc(Cl)c3)N=C2C)cc2sc(=O)oc12. The zero-order chi connectivity index (χ0) is 19.1. The molecule has 1 amide bonds. The molecule has 3 aromatic rings. The van der Waals surface area contributed by atoms with Crippen molar-refractivity contribution in [2.45, 2.75) is 6.92 Å². The molecular weight excluding hydrogens is 388 g/mol. The van der Waals surface area contributed by atoms with Gasteiger partial charge in [0, 0.05) is 5.02 Å². The molecule has 1 aliphatic rings. The van der Waals surface area contributed by atoms with Gasteiger partial charge in [0.15, 0.2) is 11.3 Å². The Morgan fingerprint density at radius 2 is 2.07 bits per heavy atom. The highest BCUT2D eigenvalue weighted by Crippen LogP contribution is 2.32. The van der Waals surface area contributed by atoms with E-state index in [4.69, 9.17) is 20.8 Å². The van der Waals surface area contributed by atoms with Crippen molar-refractivity contribution < 1.29 is 13.9 Å². The Kier molecular flexibility index (Phi) is 4.33. The van der Waals surface area contributed by atoms with Crippen molar-refractivity contribution in [2.24, 2.45) is 5.10 Å². The highest BCUT2D eigenvalue weighted by molar-refractivity contribution is 7.16. The Bertz CT molecular complexity index is 1190. The molecule has 0 N–H and O–H groups in total. The van der Waals surface area contributed by atoms with Crippen LogP contribution in [0.3, 0.4) is 0 Å². The van der Waals surface area contributed by atoms with E-state index in [1.165, 1.54) is 12.1 Å². The third kappa shape index (κ3) is 3.15. The summed E-state index contributed by atoms with van der Waals surface area (Å²) in [5.74, 6) is 0.179. The summed E-state index contributed by atoms with van der Waals surface area (Å²) in [7, 11) is 1.50. The normalized spacial score (nSPS) is 15.7. The van der Waals surface area contributed by atoms with Gasteiger partial charge in [-0.3, -0.25) is 4.79 Å². The van der Waals surface area contributed by atoms with Gasteiger partial charge in [-0.1, -0.05) is 29.0 Å². The molecule has 0 saturated heterocycles. The second kappa shape index (κ2) is 6.68. The van der Waals surface area contributed by atoms with E-state index < -0.39 is 4.94 Å². The van der Waals surface area contributed by atoms with Gasteiger partial charge in [0.1, 0.15) is 0 Å². The smallest absolute Gasteiger partial charge is 0.396 e. The van der Waals surface area contributed by atoms with E-state index in [0.29, 0.717) is 43.6 Å². The van der Waals surface area contributed by atoms with Crippen molar-refractivity contribution >= 4 is 56.6 Å². The van der Waals surface area contributed by atoms with Gasteiger partial charge >= 0.3 is 4.94 Å². The molecule has 0 fully saturated rings. The number of carbonyl (C=O) groups is 1. The lowest BCUT2D eigenvalue weighted by Crippen LogP contribution is -2.21. The first-order valence-electron chi connectivity index (χ1n) is 7.95. The van der Waals surface area contributed by atoms with E-state index in [2.05, 4.69) is 5.10 Å². The monoisotopic (exact) mass is 400 g/mol. The number of hydrogen-bond donors (Lipinski definition) is 0. The lowest BCUT2D eigenvalue weighted by atomic mass is 10.1. The van der Waals surface area contributed by atoms with Crippen LogP contribution in [0.2, 0.25) is 5.02 Å². The van der Waals surface area contributed by atoms with Crippen molar-refractivity contribution in [1.29, 1.82) is 0 Å². The molecule has 0 unspecified atom stereocenters. The molecular formula is C19H13ClN2O4S. The fraction of sp³-hybridized carbons (Fsp3) is 0.105. The van der Waals surface area contributed by atoms with Crippen LogP contribution in [0.15, 0.2) is 56.3 Å². The number of hydrogen-bond acceptors (Lipinski definition) is 6. The van der Waals surface area contributed by atoms with Gasteiger partial charge in [0.05, 0.1) is 28.8 Å². The van der Waals surface area contributed by atoms with Crippen LogP contribution in [0.1, 0.15) is 12.5 Å². The number of nitrogens with zero attached hydrogens (tertiary/aromatic N) is 2. The number of rotatable bonds is 3. The van der Waals surface area contributed by atoms with Crippen molar-refractivity contribution in [2.75, 3.05) is 12.1 Å². The minimum atomic E-state index is -0.407. The molecule has 8 heteroatoms. The van der Waals surface area contributed by atoms with Gasteiger partial charge < -0.3 is 9.15 Å². The Morgan fingerprint density at radius 3 is 2.81 bits per heavy atom. The summed E-state index contributed by atoms with van der Waals surface area (Å²) in [4.78, 5) is 24.0. The molecule has 0 bridgehead atoms. The zero-order valence-electron chi connectivity index (χ0n) is 14.4. The predicted octanol–water partition coefficient (Wildman–Crippen LogP) is 4.32. The van der Waals surface area contributed by atoms with Crippen molar-refractivity contribution in [3.8, 4) is 5.75 Å². The summed E-state index contributed by atoms with van der Waals surface area (Å²) in [6.07, 6.45) is 1.72. The van der Waals surface area contributed by atoms with Gasteiger partial charge in [0.2, 0.25) is 0 Å². The van der Waals surface area contributed by atoms with E-state index in [9.17, 15) is 9.59 Å². The first kappa shape index (κ1) is 17.5. The summed E-state index contributed by atoms with van der Waals surface area (Å²) in [5.41, 5.74) is 2.74. The summed E-state index contributed by atoms with van der Waals surface area (Å²) < 4.78 is 11.1. The van der Waals surface area contributed by atoms with E-state index in [0.717, 1.165) is 11.3 Å². The van der Waals surface area contributed by atoms with Crippen LogP contribution in [0.25, 0.3) is 16.4 Å². The van der Waals surface area contributed by atoms with Crippen LogP contribution in [0, 0.1) is 0 Å². The molecule has 0 aliphatic carbocycles. The summed E-state index contributed by atoms with van der Waals surface area (Å²) in [5, 5.41) is 6.19. The molecule has 0 atom stereocenters. The molecule has 2 aromatic carbocycles. The van der Waals surface area contributed by atoms with Crippen molar-refractivity contribution in [1.82, 2.24) is 0 Å². The molecule has 27 heavy (non-hydrogen) atoms. The molecule has 6 nitrogen and oxygen atoms in total. The highest BCUT2D eigenvalue weighted by atomic mass is 35.5. The Morgan fingerprint density at radius 1 is 1.26 bits per heavy atom. The second-order valence-electron chi connectivity index (χ2n) is 5.84. The number of ether oxygens (including phenoxy) is 1. The molecule has 136 valence electrons. The van der Waals surface area contributed by atoms with Gasteiger partial charge in [-0.05, 0) is 48.9 Å². The number of hydrazone groups is 1. The average molecular weight is 401 g/mol. The third-order valence-corrected chi connectivity index (χ3v) is 5.08. The molecule has 1 aliphatic heterocycles. The lowest BCUT2D eigenvalue weighted by molar-refractivity contribution is -0.114. The number of methoxy groups -OCH3 is 1. The van der Waals surface area contributed by atoms with Crippen molar-refractivity contribution in [3.63, 3.8) is 0 Å². The van der Waals surface area contributed by atoms with Crippen LogP contribution in [0.5, 0.6) is 5.75 Å². The maximum atomic E-state index is 12.9. The van der Waals surface area contributed by atoms with Gasteiger partial charge in [0.25, 0.3) is 5.91 Å². The topological polar surface area (TPSA) is 72.1 Å². The van der Waals surface area contributed by atoms with E-state index >= 15 is 0 Å². The van der Waals surface area contributed by atoms with E-state index in [-0.39, 0.29) is 5.91 Å². The standard InChI is InChI=1S/C19H13ClN2O4S/c1-10-14(18(23)22(21-10)13-5-3-4-12(20)9-13)6-11-7-15(25-2)17-16(8-11)27-19(24)26-17/h3-9H,1-2H3/b14-6-. The predicted molar refractivity (Wildman–Crippen MR) is 107 cm³/mol. The molecule has 0 spiro atoms. The number of fused-ring (bicyclic) bond motifs is 1. The van der Waals surface area contributed by atoms with Gasteiger partial charge in [-0.15, -0.1) is 0 Å². The number of halogens is 1. The summed E-state index contributed by atoms with van der Waals surface area (Å²) >= 11 is 7.00. The first-order valence-corrected chi connectivity index (χ1v) is 9.14. The zero-order valence-corrected chi connectivity index (χ0v) is 15.9. The van der Waals surface area contributed by atoms with Gasteiger partial charge in [-0.25, -0.2) is 4.79 Å². The van der Waals surface area contributed by atoms with E-state index in [1.807, 2.05) is 0 Å². The molecule has 1 aromatic heterocycles. The maximum absolute atomic E-state index is 12.9. The molecule has 4 rings (SSSR count). The number of anilines is 1. The first-order chi connectivity index (χ1) is 13.0. The minimum absolute atomic E-state index is 0.255. The van der Waals surface area contributed by atoms with Crippen molar-refractivity contribution in [3.05, 3.63) is 62.3 Å². The third-order valence-electron chi connectivity index (χ3n) is 4.07. The van der Waals surface area contributed by atoms with Crippen LogP contribution < -0.4 is 14.7 Å². The summed E-state index contributed by atoms with van der Waals surface area (Å²) in [6.45, 7) is 1.76. The van der Waals surface area contributed by atoms with Crippen LogP contribution >= 0.6 is 22.9 Å². The van der Waals surface area contributed by atoms with E-state index in [1.54, 1.807) is 49.4 Å². The van der Waals surface area contributed by atoms with Crippen LogP contribution in [0.4, 0.5) is 5.69 Å². The quantitative estimate of drug-likeness (QED) is 0.614.